The molecule has 1 nitrogen and oxygen atoms in total. The van der Waals surface area contributed by atoms with Gasteiger partial charge in [-0.3, -0.25) is 4.79 Å². The molecule has 0 saturated carbocycles. The molecule has 3 heteroatoms. The lowest BCUT2D eigenvalue weighted by molar-refractivity contribution is -0.113. The molecule has 17 heavy (non-hydrogen) atoms. The van der Waals surface area contributed by atoms with Crippen molar-refractivity contribution >= 4 is 11.4 Å². The summed E-state index contributed by atoms with van der Waals surface area (Å²) >= 11 is 0. The van der Waals surface area contributed by atoms with Gasteiger partial charge in [-0.05, 0) is 30.5 Å². The lowest BCUT2D eigenvalue weighted by Crippen LogP contribution is -1.98. The van der Waals surface area contributed by atoms with E-state index in [0.717, 1.165) is 37.0 Å². The van der Waals surface area contributed by atoms with Crippen molar-refractivity contribution in [1.82, 2.24) is 0 Å². The van der Waals surface area contributed by atoms with Gasteiger partial charge in [-0.2, -0.15) is 0 Å². The standard InChI is InChI=1S/C14H14F2O/c1-2-3-9-5-7-13(17)14(9)10-4-6-11(15)12(16)8-10/h4,6,8H,2-3,5,7H2,1H3. The molecule has 90 valence electrons. The highest BCUT2D eigenvalue weighted by Crippen LogP contribution is 2.34. The van der Waals surface area contributed by atoms with E-state index in [2.05, 4.69) is 0 Å². The van der Waals surface area contributed by atoms with Crippen molar-refractivity contribution in [3.05, 3.63) is 41.0 Å². The van der Waals surface area contributed by atoms with E-state index in [4.69, 9.17) is 0 Å². The third kappa shape index (κ3) is 2.28. The van der Waals surface area contributed by atoms with Crippen LogP contribution in [0.4, 0.5) is 8.78 Å². The molecule has 0 bridgehead atoms. The Labute approximate surface area is 99.1 Å². The summed E-state index contributed by atoms with van der Waals surface area (Å²) < 4.78 is 26.0. The number of carbonyl (C=O) groups is 1. The number of halogens is 2. The molecule has 0 amide bonds. The molecule has 0 N–H and O–H groups in total. The third-order valence-electron chi connectivity index (χ3n) is 3.05. The van der Waals surface area contributed by atoms with Gasteiger partial charge in [0.2, 0.25) is 0 Å². The van der Waals surface area contributed by atoms with E-state index >= 15 is 0 Å². The van der Waals surface area contributed by atoms with Crippen LogP contribution in [0, 0.1) is 11.6 Å². The Morgan fingerprint density at radius 3 is 2.59 bits per heavy atom. The molecule has 0 fully saturated rings. The number of rotatable bonds is 3. The van der Waals surface area contributed by atoms with E-state index in [1.54, 1.807) is 0 Å². The van der Waals surface area contributed by atoms with E-state index in [1.807, 2.05) is 6.92 Å². The van der Waals surface area contributed by atoms with Crippen LogP contribution in [0.1, 0.15) is 38.2 Å². The summed E-state index contributed by atoms with van der Waals surface area (Å²) in [4.78, 5) is 11.8. The van der Waals surface area contributed by atoms with Crippen molar-refractivity contribution in [2.75, 3.05) is 0 Å². The Balaban J connectivity index is 2.45. The summed E-state index contributed by atoms with van der Waals surface area (Å²) in [5.41, 5.74) is 2.18. The molecule has 0 spiro atoms. The molecule has 0 atom stereocenters. The topological polar surface area (TPSA) is 17.1 Å². The lowest BCUT2D eigenvalue weighted by Gasteiger charge is -2.06. The fourth-order valence-corrected chi connectivity index (χ4v) is 2.28. The van der Waals surface area contributed by atoms with E-state index in [1.165, 1.54) is 6.07 Å². The van der Waals surface area contributed by atoms with Gasteiger partial charge in [-0.25, -0.2) is 8.78 Å². The first-order chi connectivity index (χ1) is 8.13. The minimum atomic E-state index is -0.898. The average molecular weight is 236 g/mol. The third-order valence-corrected chi connectivity index (χ3v) is 3.05. The van der Waals surface area contributed by atoms with E-state index in [-0.39, 0.29) is 5.78 Å². The van der Waals surface area contributed by atoms with Crippen molar-refractivity contribution in [2.45, 2.75) is 32.6 Å². The van der Waals surface area contributed by atoms with Crippen LogP contribution in [0.25, 0.3) is 5.57 Å². The summed E-state index contributed by atoms with van der Waals surface area (Å²) in [5, 5.41) is 0. The summed E-state index contributed by atoms with van der Waals surface area (Å²) in [5.74, 6) is -1.73. The van der Waals surface area contributed by atoms with Crippen LogP contribution >= 0.6 is 0 Å². The summed E-state index contributed by atoms with van der Waals surface area (Å²) in [6.45, 7) is 2.04. The fraction of sp³-hybridized carbons (Fsp3) is 0.357. The molecule has 0 aliphatic heterocycles. The van der Waals surface area contributed by atoms with Gasteiger partial charge >= 0.3 is 0 Å². The van der Waals surface area contributed by atoms with Crippen molar-refractivity contribution in [1.29, 1.82) is 0 Å². The Morgan fingerprint density at radius 2 is 1.94 bits per heavy atom. The predicted molar refractivity (Wildman–Crippen MR) is 62.4 cm³/mol. The molecular formula is C14H14F2O. The smallest absolute Gasteiger partial charge is 0.163 e. The highest BCUT2D eigenvalue weighted by atomic mass is 19.2. The largest absolute Gasteiger partial charge is 0.294 e. The van der Waals surface area contributed by atoms with E-state index < -0.39 is 11.6 Å². The van der Waals surface area contributed by atoms with Gasteiger partial charge in [0.15, 0.2) is 17.4 Å². The second kappa shape index (κ2) is 4.78. The van der Waals surface area contributed by atoms with Gasteiger partial charge < -0.3 is 0 Å². The minimum Gasteiger partial charge on any atom is -0.294 e. The molecular weight excluding hydrogens is 222 g/mol. The first-order valence-corrected chi connectivity index (χ1v) is 5.84. The number of hydrogen-bond acceptors (Lipinski definition) is 1. The lowest BCUT2D eigenvalue weighted by atomic mass is 9.99. The van der Waals surface area contributed by atoms with Gasteiger partial charge in [0.25, 0.3) is 0 Å². The van der Waals surface area contributed by atoms with Crippen molar-refractivity contribution in [3.63, 3.8) is 0 Å². The number of allylic oxidation sites excluding steroid dienone is 2. The molecule has 2 rings (SSSR count). The molecule has 0 aromatic heterocycles. The van der Waals surface area contributed by atoms with Crippen LogP contribution in [0.2, 0.25) is 0 Å². The van der Waals surface area contributed by atoms with Crippen LogP contribution in [0.3, 0.4) is 0 Å². The summed E-state index contributed by atoms with van der Waals surface area (Å²) in [6.07, 6.45) is 3.04. The van der Waals surface area contributed by atoms with Gasteiger partial charge in [-0.15, -0.1) is 0 Å². The van der Waals surface area contributed by atoms with Crippen molar-refractivity contribution < 1.29 is 13.6 Å². The summed E-state index contributed by atoms with van der Waals surface area (Å²) in [7, 11) is 0. The quantitative estimate of drug-likeness (QED) is 0.778. The molecule has 0 radical (unpaired) electrons. The first-order valence-electron chi connectivity index (χ1n) is 5.84. The van der Waals surface area contributed by atoms with Gasteiger partial charge in [-0.1, -0.05) is 25.0 Å². The van der Waals surface area contributed by atoms with Gasteiger partial charge in [0.05, 0.1) is 0 Å². The molecule has 1 aliphatic carbocycles. The van der Waals surface area contributed by atoms with Crippen LogP contribution in [-0.2, 0) is 4.79 Å². The zero-order chi connectivity index (χ0) is 12.4. The number of benzene rings is 1. The van der Waals surface area contributed by atoms with Crippen molar-refractivity contribution in [3.8, 4) is 0 Å². The van der Waals surface area contributed by atoms with Crippen LogP contribution < -0.4 is 0 Å². The zero-order valence-corrected chi connectivity index (χ0v) is 9.72. The van der Waals surface area contributed by atoms with E-state index in [0.29, 0.717) is 17.6 Å². The van der Waals surface area contributed by atoms with Crippen LogP contribution in [0.15, 0.2) is 23.8 Å². The molecule has 0 heterocycles. The summed E-state index contributed by atoms with van der Waals surface area (Å²) in [6, 6.07) is 3.67. The molecule has 1 aliphatic rings. The van der Waals surface area contributed by atoms with E-state index in [9.17, 15) is 13.6 Å². The Bertz CT molecular complexity index is 489. The maximum absolute atomic E-state index is 13.2. The van der Waals surface area contributed by atoms with Crippen LogP contribution in [0.5, 0.6) is 0 Å². The van der Waals surface area contributed by atoms with Crippen LogP contribution in [-0.4, -0.2) is 5.78 Å². The Morgan fingerprint density at radius 1 is 1.18 bits per heavy atom. The molecule has 0 saturated heterocycles. The fourth-order valence-electron chi connectivity index (χ4n) is 2.28. The monoisotopic (exact) mass is 236 g/mol. The number of hydrogen-bond donors (Lipinski definition) is 0. The SMILES string of the molecule is CCCC1=C(c2ccc(F)c(F)c2)C(=O)CC1. The highest BCUT2D eigenvalue weighted by Gasteiger charge is 2.24. The second-order valence-electron chi connectivity index (χ2n) is 4.28. The second-order valence-corrected chi connectivity index (χ2v) is 4.28. The molecule has 1 aromatic carbocycles. The number of ketones is 1. The molecule has 1 aromatic rings. The Kier molecular flexibility index (Phi) is 3.36. The maximum atomic E-state index is 13.2. The minimum absolute atomic E-state index is 0.0412. The average Bonchev–Trinajstić information content (AvgIpc) is 2.65. The van der Waals surface area contributed by atoms with Gasteiger partial charge in [0.1, 0.15) is 0 Å². The van der Waals surface area contributed by atoms with Gasteiger partial charge in [0, 0.05) is 12.0 Å². The van der Waals surface area contributed by atoms with Crippen molar-refractivity contribution in [2.24, 2.45) is 0 Å². The number of Topliss-reactive ketones (excluding diaryl/α,β-unsaturated/α-hetero) is 1. The zero-order valence-electron chi connectivity index (χ0n) is 9.72. The Hall–Kier alpha value is -1.51. The first kappa shape index (κ1) is 12.0. The molecule has 0 unspecified atom stereocenters. The predicted octanol–water partition coefficient (Wildman–Crippen LogP) is 3.88. The number of carbonyl (C=O) groups excluding carboxylic acids is 1. The normalized spacial score (nSPS) is 15.8. The maximum Gasteiger partial charge on any atom is 0.163 e. The highest BCUT2D eigenvalue weighted by molar-refractivity contribution is 6.23.